The first kappa shape index (κ1) is 17.7. The largest absolute Gasteiger partial charge is 0.477 e. The van der Waals surface area contributed by atoms with Gasteiger partial charge in [-0.3, -0.25) is 0 Å². The van der Waals surface area contributed by atoms with Gasteiger partial charge in [-0.2, -0.15) is 8.97 Å². The van der Waals surface area contributed by atoms with Crippen LogP contribution in [0.1, 0.15) is 5.56 Å². The average Bonchev–Trinajstić information content (AvgIpc) is 2.67. The average molecular weight is 444 g/mol. The summed E-state index contributed by atoms with van der Waals surface area (Å²) in [5.41, 5.74) is 2.01. The van der Waals surface area contributed by atoms with Crippen molar-refractivity contribution in [1.29, 1.82) is 0 Å². The lowest BCUT2D eigenvalue weighted by atomic mass is 10.1. The van der Waals surface area contributed by atoms with Crippen molar-refractivity contribution in [2.75, 3.05) is 0 Å². The summed E-state index contributed by atoms with van der Waals surface area (Å²) >= 11 is 9.28. The number of aromatic hydroxyl groups is 1. The summed E-state index contributed by atoms with van der Waals surface area (Å²) in [5.74, 6) is -0.0979. The number of hydrogen-bond acceptors (Lipinski definition) is 3. The third kappa shape index (κ3) is 3.34. The summed E-state index contributed by atoms with van der Waals surface area (Å²) in [7, 11) is 0. The quantitative estimate of drug-likeness (QED) is 0.387. The normalized spacial score (nSPS) is 11.0. The van der Waals surface area contributed by atoms with Gasteiger partial charge in [-0.05, 0) is 29.8 Å². The van der Waals surface area contributed by atoms with Crippen molar-refractivity contribution in [3.05, 3.63) is 92.5 Å². The van der Waals surface area contributed by atoms with Crippen molar-refractivity contribution < 1.29 is 9.51 Å². The molecule has 0 amide bonds. The third-order valence-corrected chi connectivity index (χ3v) is 4.99. The van der Waals surface area contributed by atoms with Crippen LogP contribution in [0, 0.1) is 0 Å². The summed E-state index contributed by atoms with van der Waals surface area (Å²) in [6, 6.07) is 16.2. The fourth-order valence-corrected chi connectivity index (χ4v) is 3.53. The smallest absolute Gasteiger partial charge is 0.354 e. The van der Waals surface area contributed by atoms with Gasteiger partial charge >= 0.3 is 5.56 Å². The number of nitrogens with zero attached hydrogens (tertiary/aromatic N) is 3. The highest BCUT2D eigenvalue weighted by Gasteiger charge is 2.25. The van der Waals surface area contributed by atoms with Crippen LogP contribution in [-0.2, 0) is 6.54 Å². The second kappa shape index (κ2) is 7.13. The van der Waals surface area contributed by atoms with E-state index in [-0.39, 0.29) is 17.0 Å². The first-order chi connectivity index (χ1) is 13.0. The Hall–Kier alpha value is -2.70. The third-order valence-electron chi connectivity index (χ3n) is 4.27. The molecule has 0 aliphatic heterocycles. The lowest BCUT2D eigenvalue weighted by Gasteiger charge is -2.10. The van der Waals surface area contributed by atoms with Crippen LogP contribution in [0.5, 0.6) is 5.88 Å². The molecular formula is C20H14BrClN3O2+. The Bertz CT molecular complexity index is 1210. The van der Waals surface area contributed by atoms with Gasteiger partial charge in [-0.15, -0.1) is 0 Å². The number of pyridine rings is 2. The molecule has 0 atom stereocenters. The molecule has 4 aromatic rings. The Kier molecular flexibility index (Phi) is 4.68. The van der Waals surface area contributed by atoms with E-state index in [1.807, 2.05) is 24.3 Å². The van der Waals surface area contributed by atoms with E-state index in [1.165, 1.54) is 4.40 Å². The molecule has 7 heteroatoms. The minimum atomic E-state index is -0.285. The maximum absolute atomic E-state index is 13.1. The highest BCUT2D eigenvalue weighted by atomic mass is 79.9. The molecule has 0 saturated carbocycles. The Labute approximate surface area is 168 Å². The first-order valence-electron chi connectivity index (χ1n) is 8.17. The molecule has 3 heterocycles. The number of aromatic nitrogens is 3. The molecule has 3 aromatic heterocycles. The molecule has 0 bridgehead atoms. The number of fused-ring (bicyclic) bond motifs is 1. The van der Waals surface area contributed by atoms with Crippen LogP contribution >= 0.6 is 27.5 Å². The Morgan fingerprint density at radius 1 is 1.15 bits per heavy atom. The minimum absolute atomic E-state index is 0.0979. The minimum Gasteiger partial charge on any atom is -0.477 e. The molecular weight excluding hydrogens is 430 g/mol. The fraction of sp³-hybridized carbons (Fsp3) is 0.0500. The van der Waals surface area contributed by atoms with Gasteiger partial charge in [0, 0.05) is 22.3 Å². The van der Waals surface area contributed by atoms with Crippen molar-refractivity contribution in [3.63, 3.8) is 0 Å². The van der Waals surface area contributed by atoms with E-state index in [2.05, 4.69) is 20.9 Å². The molecule has 134 valence electrons. The number of benzene rings is 1. The van der Waals surface area contributed by atoms with Crippen molar-refractivity contribution in [2.45, 2.75) is 6.54 Å². The predicted octanol–water partition coefficient (Wildman–Crippen LogP) is 3.82. The van der Waals surface area contributed by atoms with E-state index in [9.17, 15) is 9.90 Å². The van der Waals surface area contributed by atoms with Crippen LogP contribution < -0.4 is 9.96 Å². The van der Waals surface area contributed by atoms with Crippen LogP contribution in [0.15, 0.2) is 76.3 Å². The molecule has 5 nitrogen and oxygen atoms in total. The van der Waals surface area contributed by atoms with Crippen LogP contribution in [0.2, 0.25) is 5.15 Å². The van der Waals surface area contributed by atoms with Crippen molar-refractivity contribution in [3.8, 4) is 17.0 Å². The molecule has 0 aliphatic carbocycles. The zero-order chi connectivity index (χ0) is 19.0. The summed E-state index contributed by atoms with van der Waals surface area (Å²) in [6.07, 6.45) is 3.34. The maximum atomic E-state index is 13.1. The van der Waals surface area contributed by atoms with E-state index < -0.39 is 0 Å². The van der Waals surface area contributed by atoms with Gasteiger partial charge in [0.1, 0.15) is 11.7 Å². The Morgan fingerprint density at radius 3 is 2.74 bits per heavy atom. The molecule has 0 saturated heterocycles. The van der Waals surface area contributed by atoms with Gasteiger partial charge in [0.05, 0.1) is 6.20 Å². The van der Waals surface area contributed by atoms with Crippen molar-refractivity contribution in [1.82, 2.24) is 9.55 Å². The zero-order valence-electron chi connectivity index (χ0n) is 14.0. The molecule has 1 aromatic carbocycles. The summed E-state index contributed by atoms with van der Waals surface area (Å²) < 4.78 is 4.03. The first-order valence-corrected chi connectivity index (χ1v) is 9.34. The second-order valence-electron chi connectivity index (χ2n) is 6.02. The predicted molar refractivity (Wildman–Crippen MR) is 107 cm³/mol. The standard InChI is InChI=1S/C20H13BrClN3O2/c21-15-5-3-4-14(10-15)18-19(26)24-9-2-1-6-17(24)25(20(18)27)12-13-7-8-16(22)23-11-13/h1-11H,12H2/p+1. The van der Waals surface area contributed by atoms with Crippen LogP contribution in [-0.4, -0.2) is 14.7 Å². The number of hydrogen-bond donors (Lipinski definition) is 1. The molecule has 0 unspecified atom stereocenters. The monoisotopic (exact) mass is 442 g/mol. The number of halogens is 2. The van der Waals surface area contributed by atoms with Crippen molar-refractivity contribution >= 4 is 33.2 Å². The zero-order valence-corrected chi connectivity index (χ0v) is 16.4. The molecule has 0 spiro atoms. The van der Waals surface area contributed by atoms with E-state index in [0.717, 1.165) is 10.0 Å². The van der Waals surface area contributed by atoms with E-state index >= 15 is 0 Å². The molecule has 27 heavy (non-hydrogen) atoms. The topological polar surface area (TPSA) is 59.2 Å². The summed E-state index contributed by atoms with van der Waals surface area (Å²) in [5, 5.41) is 11.4. The molecule has 0 radical (unpaired) electrons. The van der Waals surface area contributed by atoms with Gasteiger partial charge < -0.3 is 5.11 Å². The fourth-order valence-electron chi connectivity index (χ4n) is 3.02. The molecule has 0 fully saturated rings. The second-order valence-corrected chi connectivity index (χ2v) is 7.32. The lowest BCUT2D eigenvalue weighted by Crippen LogP contribution is -2.43. The lowest BCUT2D eigenvalue weighted by molar-refractivity contribution is -0.532. The molecule has 1 N–H and O–H groups in total. The molecule has 4 rings (SSSR count). The van der Waals surface area contributed by atoms with Crippen LogP contribution in [0.3, 0.4) is 0 Å². The molecule has 0 aliphatic rings. The van der Waals surface area contributed by atoms with Crippen LogP contribution in [0.4, 0.5) is 0 Å². The highest BCUT2D eigenvalue weighted by molar-refractivity contribution is 9.10. The SMILES string of the molecule is O=c1c(-c2cccc(Br)c2)c(O)n(Cc2ccc(Cl)nc2)c2cccc[n+]12. The highest BCUT2D eigenvalue weighted by Crippen LogP contribution is 2.28. The van der Waals surface area contributed by atoms with Crippen LogP contribution in [0.25, 0.3) is 16.8 Å². The Balaban J connectivity index is 2.00. The van der Waals surface area contributed by atoms with Crippen molar-refractivity contribution in [2.24, 2.45) is 0 Å². The maximum Gasteiger partial charge on any atom is 0.354 e. The number of rotatable bonds is 3. The van der Waals surface area contributed by atoms with E-state index in [1.54, 1.807) is 47.3 Å². The van der Waals surface area contributed by atoms with Gasteiger partial charge in [-0.1, -0.05) is 51.8 Å². The van der Waals surface area contributed by atoms with Gasteiger partial charge in [0.2, 0.25) is 0 Å². The van der Waals surface area contributed by atoms with E-state index in [0.29, 0.717) is 22.9 Å². The summed E-state index contributed by atoms with van der Waals surface area (Å²) in [6.45, 7) is 0.338. The van der Waals surface area contributed by atoms with Gasteiger partial charge in [-0.25, -0.2) is 9.78 Å². The summed E-state index contributed by atoms with van der Waals surface area (Å²) in [4.78, 5) is 17.1. The van der Waals surface area contributed by atoms with E-state index in [4.69, 9.17) is 11.6 Å². The van der Waals surface area contributed by atoms with Gasteiger partial charge in [0.15, 0.2) is 5.56 Å². The Morgan fingerprint density at radius 2 is 2.00 bits per heavy atom. The van der Waals surface area contributed by atoms with Gasteiger partial charge in [0.25, 0.3) is 11.5 Å².